The molecule has 6 heterocycles. The van der Waals surface area contributed by atoms with E-state index in [4.69, 9.17) is 14.1 Å². The van der Waals surface area contributed by atoms with E-state index in [0.717, 1.165) is 129 Å². The fourth-order valence-electron chi connectivity index (χ4n) is 15.1. The van der Waals surface area contributed by atoms with E-state index in [2.05, 4.69) is 291 Å². The minimum Gasteiger partial charge on any atom is -0.510 e. The maximum Gasteiger partial charge on any atom is 0.268 e. The van der Waals surface area contributed by atoms with Crippen molar-refractivity contribution < 1.29 is 34.8 Å². The molecule has 0 saturated heterocycles. The van der Waals surface area contributed by atoms with Gasteiger partial charge in [0.15, 0.2) is 0 Å². The van der Waals surface area contributed by atoms with Gasteiger partial charge in [0.2, 0.25) is 0 Å². The van der Waals surface area contributed by atoms with Gasteiger partial charge >= 0.3 is 0 Å². The topological polar surface area (TPSA) is 53.9 Å². The zero-order valence-electron chi connectivity index (χ0n) is 52.2. The van der Waals surface area contributed by atoms with Crippen LogP contribution in [-0.2, 0) is 37.3 Å². The zero-order chi connectivity index (χ0) is 61.2. The van der Waals surface area contributed by atoms with E-state index in [1.165, 1.54) is 44.2 Å². The molecule has 7 nitrogen and oxygen atoms in total. The molecule has 448 valence electrons. The van der Waals surface area contributed by atoms with E-state index in [-0.39, 0.29) is 37.3 Å². The second-order valence-electron chi connectivity index (χ2n) is 27.4. The van der Waals surface area contributed by atoms with Gasteiger partial charge in [-0.2, -0.15) is 18.2 Å². The quantitative estimate of drug-likeness (QED) is 0.123. The van der Waals surface area contributed by atoms with Crippen LogP contribution in [0.25, 0.3) is 144 Å². The Morgan fingerprint density at radius 2 is 1.08 bits per heavy atom. The number of fused-ring (bicyclic) bond motifs is 17. The average molecular weight is 1370 g/mol. The Labute approximate surface area is 548 Å². The van der Waals surface area contributed by atoms with Gasteiger partial charge in [-0.25, -0.2) is 4.98 Å². The van der Waals surface area contributed by atoms with Crippen molar-refractivity contribution in [2.24, 2.45) is 0 Å². The Morgan fingerprint density at radius 3 is 1.79 bits per heavy atom. The standard InChI is InChI=1S/C84H63N5O2.Pt/c1-82(2,3)53-38-41-85-79(45-53)89-73-31-16-12-26-61(73)62-36-35-56(47-75(62)89)90-55-21-18-20-54(46-55)86-50-87-80-64(28-19-32-74(80)88-71-29-14-10-24-59(71)60-25-11-15-30-72(60)88)66-49-70-69(83(4,5)39-40-84(70,6)7)48-65(66)57-22-8-9-23-58(57)68-43-52(44-76(86)81(68)87)51-34-37-78-67(42-51)63-27-13-17-33-77(63)91-78;/h8-38,41-45,48-49H,39-40H2,1-7H3;/q-2;. The molecule has 18 rings (SSSR count). The third-order valence-electron chi connectivity index (χ3n) is 19.9. The van der Waals surface area contributed by atoms with Crippen LogP contribution in [0.5, 0.6) is 11.5 Å². The van der Waals surface area contributed by atoms with Gasteiger partial charge in [-0.05, 0) is 168 Å². The summed E-state index contributed by atoms with van der Waals surface area (Å²) in [5.41, 5.74) is 23.6. The number of ether oxygens (including phenoxy) is 1. The first-order valence-corrected chi connectivity index (χ1v) is 31.7. The van der Waals surface area contributed by atoms with Crippen LogP contribution in [0.15, 0.2) is 235 Å². The Hall–Kier alpha value is -10.1. The summed E-state index contributed by atoms with van der Waals surface area (Å²) in [6.45, 7) is 16.5. The van der Waals surface area contributed by atoms with Gasteiger partial charge in [-0.1, -0.05) is 181 Å². The SMILES string of the molecule is CC(C)(C)c1ccnc(-n2c3[c-]c(Oc4[c-]c(-n5[c-][n+]6c7c(cc(-c8ccc9oc%10ccccc%10c9c8)cc75)-c5ccccc5-c5cc7c(cc5-c5cccc(-n8c9ccccc9c9ccccc98)c5-6)C(C)(C)CCC7(C)C)ccc4)ccc3c3ccccc32)c1.[Pt]. The monoisotopic (exact) mass is 1370 g/mol. The Bertz CT molecular complexity index is 5710. The number of hydrogen-bond acceptors (Lipinski definition) is 3. The molecule has 16 aromatic rings. The Balaban J connectivity index is 0.00000648. The van der Waals surface area contributed by atoms with Gasteiger partial charge in [0, 0.05) is 65.8 Å². The first-order valence-electron chi connectivity index (χ1n) is 31.7. The van der Waals surface area contributed by atoms with Crippen LogP contribution in [0.1, 0.15) is 78.0 Å². The number of para-hydroxylation sites is 5. The third kappa shape index (κ3) is 8.51. The molecule has 92 heavy (non-hydrogen) atoms. The molecule has 2 aliphatic rings. The van der Waals surface area contributed by atoms with Crippen molar-refractivity contribution >= 4 is 76.6 Å². The Morgan fingerprint density at radius 1 is 0.478 bits per heavy atom. The van der Waals surface area contributed by atoms with Crippen LogP contribution in [-0.4, -0.2) is 18.7 Å². The molecule has 5 aromatic heterocycles. The van der Waals surface area contributed by atoms with Crippen LogP contribution < -0.4 is 9.30 Å². The summed E-state index contributed by atoms with van der Waals surface area (Å²) in [6, 6.07) is 89.2. The smallest absolute Gasteiger partial charge is 0.268 e. The van der Waals surface area contributed by atoms with E-state index >= 15 is 0 Å². The molecule has 0 fully saturated rings. The number of rotatable bonds is 6. The molecule has 1 aliphatic carbocycles. The van der Waals surface area contributed by atoms with Crippen molar-refractivity contribution in [1.82, 2.24) is 18.7 Å². The minimum atomic E-state index is -0.0673. The molecule has 8 heteroatoms. The van der Waals surface area contributed by atoms with Crippen molar-refractivity contribution in [1.29, 1.82) is 0 Å². The van der Waals surface area contributed by atoms with Crippen LogP contribution in [0.2, 0.25) is 0 Å². The van der Waals surface area contributed by atoms with Crippen LogP contribution >= 0.6 is 0 Å². The summed E-state index contributed by atoms with van der Waals surface area (Å²) >= 11 is 0. The van der Waals surface area contributed by atoms with Gasteiger partial charge in [0.1, 0.15) is 17.0 Å². The molecule has 0 bridgehead atoms. The maximum atomic E-state index is 6.99. The molecular weight excluding hydrogens is 1310 g/mol. The molecule has 0 unspecified atom stereocenters. The van der Waals surface area contributed by atoms with Crippen molar-refractivity contribution in [3.05, 3.63) is 266 Å². The number of hydrogen-bond donors (Lipinski definition) is 0. The summed E-state index contributed by atoms with van der Waals surface area (Å²) in [7, 11) is 0. The van der Waals surface area contributed by atoms with Crippen molar-refractivity contribution in [2.45, 2.75) is 77.6 Å². The van der Waals surface area contributed by atoms with Crippen molar-refractivity contribution in [2.75, 3.05) is 0 Å². The predicted octanol–water partition coefficient (Wildman–Crippen LogP) is 21.2. The van der Waals surface area contributed by atoms with Crippen molar-refractivity contribution in [3.8, 4) is 78.9 Å². The Kier molecular flexibility index (Phi) is 12.4. The van der Waals surface area contributed by atoms with E-state index < -0.39 is 0 Å². The number of pyridine rings is 1. The predicted molar refractivity (Wildman–Crippen MR) is 371 cm³/mol. The summed E-state index contributed by atoms with van der Waals surface area (Å²) in [6.07, 6.45) is 8.26. The van der Waals surface area contributed by atoms with Crippen molar-refractivity contribution in [3.63, 3.8) is 0 Å². The van der Waals surface area contributed by atoms with E-state index in [1.807, 2.05) is 24.4 Å². The maximum absolute atomic E-state index is 6.99. The van der Waals surface area contributed by atoms with E-state index in [1.54, 1.807) is 0 Å². The molecule has 0 radical (unpaired) electrons. The molecule has 11 aromatic carbocycles. The van der Waals surface area contributed by atoms with E-state index in [0.29, 0.717) is 11.5 Å². The van der Waals surface area contributed by atoms with Crippen LogP contribution in [0, 0.1) is 18.5 Å². The summed E-state index contributed by atoms with van der Waals surface area (Å²) in [5, 5.41) is 6.75. The first kappa shape index (κ1) is 56.0. The molecule has 1 aliphatic heterocycles. The van der Waals surface area contributed by atoms with Gasteiger partial charge in [0.25, 0.3) is 6.33 Å². The normalized spacial score (nSPS) is 14.0. The molecule has 0 N–H and O–H groups in total. The number of furan rings is 1. The van der Waals surface area contributed by atoms with Gasteiger partial charge in [0.05, 0.1) is 33.4 Å². The summed E-state index contributed by atoms with van der Waals surface area (Å²) in [4.78, 5) is 4.96. The number of aromatic nitrogens is 5. The second kappa shape index (κ2) is 20.5. The average Bonchev–Trinajstić information content (AvgIpc) is 1.46. The fraction of sp³-hybridized carbons (Fsp3) is 0.143. The van der Waals surface area contributed by atoms with Crippen LogP contribution in [0.3, 0.4) is 0 Å². The second-order valence-corrected chi connectivity index (χ2v) is 27.4. The van der Waals surface area contributed by atoms with Gasteiger partial charge < -0.3 is 22.9 Å². The molecule has 0 saturated carbocycles. The molecular formula is C84H63N5O2Pt-2. The number of imidazole rings is 1. The van der Waals surface area contributed by atoms with E-state index in [9.17, 15) is 0 Å². The molecule has 0 spiro atoms. The van der Waals surface area contributed by atoms with Crippen LogP contribution in [0.4, 0.5) is 0 Å². The fourth-order valence-corrected chi connectivity index (χ4v) is 15.1. The molecule has 0 atom stereocenters. The minimum absolute atomic E-state index is 0. The summed E-state index contributed by atoms with van der Waals surface area (Å²) in [5.74, 6) is 1.94. The summed E-state index contributed by atoms with van der Waals surface area (Å²) < 4.78 is 22.7. The largest absolute Gasteiger partial charge is 0.510 e. The number of benzene rings is 11. The first-order chi connectivity index (χ1) is 44.2. The zero-order valence-corrected chi connectivity index (χ0v) is 54.5. The third-order valence-corrected chi connectivity index (χ3v) is 19.9. The number of nitrogens with zero attached hydrogens (tertiary/aromatic N) is 5. The van der Waals surface area contributed by atoms with Gasteiger partial charge in [-0.15, -0.1) is 29.7 Å². The molecule has 0 amide bonds. The van der Waals surface area contributed by atoms with Gasteiger partial charge in [-0.3, -0.25) is 4.57 Å².